The van der Waals surface area contributed by atoms with E-state index in [9.17, 15) is 5.11 Å². The van der Waals surface area contributed by atoms with Gasteiger partial charge in [-0.3, -0.25) is 0 Å². The smallest absolute Gasteiger partial charge is 0.231 e. The molecule has 0 spiro atoms. The lowest BCUT2D eigenvalue weighted by atomic mass is 10.1. The second-order valence-electron chi connectivity index (χ2n) is 5.17. The Balaban J connectivity index is 1.73. The van der Waals surface area contributed by atoms with E-state index in [4.69, 9.17) is 14.0 Å². The summed E-state index contributed by atoms with van der Waals surface area (Å²) in [5.41, 5.74) is 2.69. The molecule has 2 N–H and O–H groups in total. The van der Waals surface area contributed by atoms with E-state index in [2.05, 4.69) is 10.5 Å². The Labute approximate surface area is 122 Å². The molecule has 1 aliphatic rings. The Hall–Kier alpha value is -2.21. The minimum atomic E-state index is 0.0704. The van der Waals surface area contributed by atoms with E-state index < -0.39 is 0 Å². The molecule has 2 aromatic rings. The highest BCUT2D eigenvalue weighted by Crippen LogP contribution is 2.37. The zero-order valence-corrected chi connectivity index (χ0v) is 12.3. The average molecular weight is 290 g/mol. The number of phenols is 1. The van der Waals surface area contributed by atoms with Gasteiger partial charge in [0, 0.05) is 29.8 Å². The summed E-state index contributed by atoms with van der Waals surface area (Å²) in [6.07, 6.45) is 0. The summed E-state index contributed by atoms with van der Waals surface area (Å²) < 4.78 is 15.7. The van der Waals surface area contributed by atoms with Gasteiger partial charge in [0.2, 0.25) is 6.79 Å². The molecular weight excluding hydrogens is 272 g/mol. The Morgan fingerprint density at radius 3 is 2.67 bits per heavy atom. The zero-order chi connectivity index (χ0) is 15.0. The van der Waals surface area contributed by atoms with Crippen LogP contribution in [0.4, 0.5) is 0 Å². The van der Waals surface area contributed by atoms with E-state index in [0.717, 1.165) is 22.6 Å². The predicted molar refractivity (Wildman–Crippen MR) is 75.5 cm³/mol. The van der Waals surface area contributed by atoms with E-state index in [0.29, 0.717) is 18.0 Å². The van der Waals surface area contributed by atoms with Crippen molar-refractivity contribution in [2.45, 2.75) is 33.4 Å². The van der Waals surface area contributed by atoms with Crippen LogP contribution in [0.2, 0.25) is 0 Å². The molecule has 0 saturated heterocycles. The first-order chi connectivity index (χ1) is 10.1. The molecule has 21 heavy (non-hydrogen) atoms. The van der Waals surface area contributed by atoms with Gasteiger partial charge in [0.05, 0.1) is 5.69 Å². The molecular formula is C15H18N2O4. The number of nitrogens with zero attached hydrogens (tertiary/aromatic N) is 1. The van der Waals surface area contributed by atoms with Gasteiger partial charge < -0.3 is 24.4 Å². The molecule has 2 heterocycles. The Morgan fingerprint density at radius 2 is 2.00 bits per heavy atom. The fourth-order valence-electron chi connectivity index (χ4n) is 2.59. The van der Waals surface area contributed by atoms with Crippen LogP contribution in [-0.2, 0) is 6.54 Å². The minimum absolute atomic E-state index is 0.0704. The predicted octanol–water partition coefficient (Wildman–Crippen LogP) is 2.58. The number of phenolic OH excluding ortho intramolecular Hbond substituents is 1. The molecule has 3 rings (SSSR count). The van der Waals surface area contributed by atoms with Crippen molar-refractivity contribution >= 4 is 0 Å². The molecule has 0 aliphatic carbocycles. The van der Waals surface area contributed by atoms with Crippen molar-refractivity contribution < 1.29 is 19.1 Å². The SMILES string of the molecule is Cc1noc(C)c1C(C)NCc1cc2c(cc1O)OCO2. The molecule has 0 fully saturated rings. The van der Waals surface area contributed by atoms with Crippen molar-refractivity contribution in [3.8, 4) is 17.2 Å². The second kappa shape index (κ2) is 5.29. The van der Waals surface area contributed by atoms with Crippen LogP contribution in [0.5, 0.6) is 17.2 Å². The second-order valence-corrected chi connectivity index (χ2v) is 5.17. The monoisotopic (exact) mass is 290 g/mol. The third-order valence-electron chi connectivity index (χ3n) is 3.69. The van der Waals surface area contributed by atoms with E-state index >= 15 is 0 Å². The summed E-state index contributed by atoms with van der Waals surface area (Å²) >= 11 is 0. The first kappa shape index (κ1) is 13.8. The van der Waals surface area contributed by atoms with Crippen LogP contribution in [-0.4, -0.2) is 17.1 Å². The third-order valence-corrected chi connectivity index (χ3v) is 3.69. The Bertz CT molecular complexity index is 646. The maximum absolute atomic E-state index is 10.0. The average Bonchev–Trinajstić information content (AvgIpc) is 3.02. The fraction of sp³-hybridized carbons (Fsp3) is 0.400. The van der Waals surface area contributed by atoms with Crippen molar-refractivity contribution in [1.82, 2.24) is 10.5 Å². The molecule has 1 atom stereocenters. The van der Waals surface area contributed by atoms with Gasteiger partial charge >= 0.3 is 0 Å². The summed E-state index contributed by atoms with van der Waals surface area (Å²) in [5.74, 6) is 2.24. The van der Waals surface area contributed by atoms with Crippen LogP contribution in [0.1, 0.15) is 35.5 Å². The van der Waals surface area contributed by atoms with Crippen molar-refractivity contribution in [3.05, 3.63) is 34.7 Å². The molecule has 1 aromatic carbocycles. The van der Waals surface area contributed by atoms with E-state index in [1.165, 1.54) is 0 Å². The highest BCUT2D eigenvalue weighted by molar-refractivity contribution is 5.51. The Kier molecular flexibility index (Phi) is 3.47. The lowest BCUT2D eigenvalue weighted by Crippen LogP contribution is -2.19. The number of benzene rings is 1. The van der Waals surface area contributed by atoms with Crippen molar-refractivity contribution in [3.63, 3.8) is 0 Å². The molecule has 6 nitrogen and oxygen atoms in total. The number of nitrogens with one attached hydrogen (secondary N) is 1. The van der Waals surface area contributed by atoms with Gasteiger partial charge in [0.25, 0.3) is 0 Å². The van der Waals surface area contributed by atoms with Crippen LogP contribution in [0.3, 0.4) is 0 Å². The molecule has 1 aromatic heterocycles. The van der Waals surface area contributed by atoms with Gasteiger partial charge in [-0.2, -0.15) is 0 Å². The van der Waals surface area contributed by atoms with Crippen LogP contribution in [0.15, 0.2) is 16.7 Å². The molecule has 0 bridgehead atoms. The van der Waals surface area contributed by atoms with Gasteiger partial charge in [-0.05, 0) is 26.8 Å². The van der Waals surface area contributed by atoms with Gasteiger partial charge in [-0.15, -0.1) is 0 Å². The van der Waals surface area contributed by atoms with Gasteiger partial charge in [-0.25, -0.2) is 0 Å². The molecule has 1 aliphatic heterocycles. The normalized spacial score (nSPS) is 14.4. The summed E-state index contributed by atoms with van der Waals surface area (Å²) in [4.78, 5) is 0. The minimum Gasteiger partial charge on any atom is -0.507 e. The number of hydrogen-bond acceptors (Lipinski definition) is 6. The summed E-state index contributed by atoms with van der Waals surface area (Å²) in [5, 5.41) is 17.3. The number of aryl methyl sites for hydroxylation is 2. The highest BCUT2D eigenvalue weighted by Gasteiger charge is 2.19. The maximum atomic E-state index is 10.0. The molecule has 6 heteroatoms. The number of aromatic nitrogens is 1. The summed E-state index contributed by atoms with van der Waals surface area (Å²) in [6, 6.07) is 3.45. The lowest BCUT2D eigenvalue weighted by molar-refractivity contribution is 0.174. The van der Waals surface area contributed by atoms with Crippen molar-refractivity contribution in [2.75, 3.05) is 6.79 Å². The fourth-order valence-corrected chi connectivity index (χ4v) is 2.59. The largest absolute Gasteiger partial charge is 0.507 e. The summed E-state index contributed by atoms with van der Waals surface area (Å²) in [7, 11) is 0. The Morgan fingerprint density at radius 1 is 1.29 bits per heavy atom. The standard InChI is InChI=1S/C15H18N2O4/c1-8(15-9(2)17-21-10(15)3)16-6-11-4-13-14(5-12(11)18)20-7-19-13/h4-5,8,16,18H,6-7H2,1-3H3. The van der Waals surface area contributed by atoms with Crippen LogP contribution in [0, 0.1) is 13.8 Å². The van der Waals surface area contributed by atoms with Gasteiger partial charge in [0.1, 0.15) is 11.5 Å². The number of fused-ring (bicyclic) bond motifs is 1. The zero-order valence-electron chi connectivity index (χ0n) is 12.3. The number of aromatic hydroxyl groups is 1. The van der Waals surface area contributed by atoms with Gasteiger partial charge in [-0.1, -0.05) is 5.16 Å². The molecule has 1 unspecified atom stereocenters. The molecule has 0 amide bonds. The molecule has 0 radical (unpaired) electrons. The first-order valence-corrected chi connectivity index (χ1v) is 6.84. The molecule has 0 saturated carbocycles. The van der Waals surface area contributed by atoms with Crippen LogP contribution >= 0.6 is 0 Å². The third kappa shape index (κ3) is 2.54. The summed E-state index contributed by atoms with van der Waals surface area (Å²) in [6.45, 7) is 6.55. The van der Waals surface area contributed by atoms with Crippen LogP contribution < -0.4 is 14.8 Å². The van der Waals surface area contributed by atoms with Crippen LogP contribution in [0.25, 0.3) is 0 Å². The number of ether oxygens (including phenoxy) is 2. The molecule has 112 valence electrons. The number of rotatable bonds is 4. The van der Waals surface area contributed by atoms with E-state index in [1.54, 1.807) is 12.1 Å². The maximum Gasteiger partial charge on any atom is 0.231 e. The first-order valence-electron chi connectivity index (χ1n) is 6.84. The van der Waals surface area contributed by atoms with E-state index in [1.807, 2.05) is 20.8 Å². The topological polar surface area (TPSA) is 76.8 Å². The lowest BCUT2D eigenvalue weighted by Gasteiger charge is -2.14. The highest BCUT2D eigenvalue weighted by atomic mass is 16.7. The number of hydrogen-bond donors (Lipinski definition) is 2. The van der Waals surface area contributed by atoms with Crippen molar-refractivity contribution in [2.24, 2.45) is 0 Å². The van der Waals surface area contributed by atoms with Crippen molar-refractivity contribution in [1.29, 1.82) is 0 Å². The van der Waals surface area contributed by atoms with Gasteiger partial charge in [0.15, 0.2) is 11.5 Å². The quantitative estimate of drug-likeness (QED) is 0.901. The van der Waals surface area contributed by atoms with E-state index in [-0.39, 0.29) is 18.6 Å².